The Labute approximate surface area is 148 Å². The summed E-state index contributed by atoms with van der Waals surface area (Å²) in [5.74, 6) is 1.69. The van der Waals surface area contributed by atoms with Gasteiger partial charge in [0.1, 0.15) is 31.8 Å². The first-order valence-electron chi connectivity index (χ1n) is 8.18. The lowest BCUT2D eigenvalue weighted by Crippen LogP contribution is -2.04. The number of allylic oxidation sites excluding steroid dienone is 1. The number of hydrogen-bond acceptors (Lipinski definition) is 5. The fraction of sp³-hybridized carbons (Fsp3) is 0.350. The summed E-state index contributed by atoms with van der Waals surface area (Å²) in [5.41, 5.74) is 4.61. The van der Waals surface area contributed by atoms with Crippen LogP contribution in [0.15, 0.2) is 46.4 Å². The van der Waals surface area contributed by atoms with Crippen molar-refractivity contribution in [3.63, 3.8) is 0 Å². The molecule has 0 atom stereocenters. The SMILES string of the molecule is C/C=C/COc1cc(C)c(OCc2cocc2C(C)=NOC)c(C)c1. The van der Waals surface area contributed by atoms with Crippen molar-refractivity contribution in [3.05, 3.63) is 59.1 Å². The Bertz CT molecular complexity index is 736. The van der Waals surface area contributed by atoms with Gasteiger partial charge >= 0.3 is 0 Å². The molecule has 134 valence electrons. The minimum atomic E-state index is 0.392. The minimum absolute atomic E-state index is 0.392. The molecule has 5 nitrogen and oxygen atoms in total. The van der Waals surface area contributed by atoms with Gasteiger partial charge in [0.15, 0.2) is 0 Å². The molecule has 0 aliphatic carbocycles. The topological polar surface area (TPSA) is 53.2 Å². The van der Waals surface area contributed by atoms with Crippen LogP contribution in [-0.2, 0) is 11.4 Å². The van der Waals surface area contributed by atoms with Crippen LogP contribution in [0, 0.1) is 13.8 Å². The number of rotatable bonds is 8. The molecular formula is C20H25NO4. The predicted octanol–water partition coefficient (Wildman–Crippen LogP) is 4.80. The number of aryl methyl sites for hydroxylation is 2. The molecule has 0 amide bonds. The normalized spacial score (nSPS) is 11.8. The third kappa shape index (κ3) is 4.89. The van der Waals surface area contributed by atoms with Gasteiger partial charge in [0.25, 0.3) is 0 Å². The van der Waals surface area contributed by atoms with Gasteiger partial charge in [-0.3, -0.25) is 0 Å². The van der Waals surface area contributed by atoms with Crippen molar-refractivity contribution >= 4 is 5.71 Å². The zero-order valence-corrected chi connectivity index (χ0v) is 15.5. The first kappa shape index (κ1) is 18.6. The Kier molecular flexibility index (Phi) is 6.69. The quantitative estimate of drug-likeness (QED) is 0.392. The van der Waals surface area contributed by atoms with Gasteiger partial charge in [0, 0.05) is 11.1 Å². The van der Waals surface area contributed by atoms with E-state index in [2.05, 4.69) is 5.16 Å². The van der Waals surface area contributed by atoms with Crippen LogP contribution in [0.2, 0.25) is 0 Å². The van der Waals surface area contributed by atoms with Crippen LogP contribution in [-0.4, -0.2) is 19.4 Å². The summed E-state index contributed by atoms with van der Waals surface area (Å²) < 4.78 is 17.0. The van der Waals surface area contributed by atoms with Crippen LogP contribution in [0.1, 0.15) is 36.1 Å². The molecule has 1 aromatic heterocycles. The first-order valence-corrected chi connectivity index (χ1v) is 8.18. The molecule has 0 spiro atoms. The second-order valence-corrected chi connectivity index (χ2v) is 5.72. The van der Waals surface area contributed by atoms with Crippen molar-refractivity contribution in [3.8, 4) is 11.5 Å². The second-order valence-electron chi connectivity index (χ2n) is 5.72. The molecule has 0 saturated heterocycles. The Morgan fingerprint density at radius 1 is 1.16 bits per heavy atom. The van der Waals surface area contributed by atoms with Crippen LogP contribution < -0.4 is 9.47 Å². The van der Waals surface area contributed by atoms with E-state index in [0.29, 0.717) is 13.2 Å². The van der Waals surface area contributed by atoms with Gasteiger partial charge in [0.2, 0.25) is 0 Å². The lowest BCUT2D eigenvalue weighted by molar-refractivity contribution is 0.213. The lowest BCUT2D eigenvalue weighted by Gasteiger charge is -2.14. The van der Waals surface area contributed by atoms with Crippen LogP contribution in [0.25, 0.3) is 0 Å². The summed E-state index contributed by atoms with van der Waals surface area (Å²) in [4.78, 5) is 4.82. The van der Waals surface area contributed by atoms with Crippen LogP contribution in [0.4, 0.5) is 0 Å². The van der Waals surface area contributed by atoms with E-state index in [0.717, 1.165) is 39.5 Å². The van der Waals surface area contributed by atoms with Crippen LogP contribution in [0.3, 0.4) is 0 Å². The lowest BCUT2D eigenvalue weighted by atomic mass is 10.1. The summed E-state index contributed by atoms with van der Waals surface area (Å²) >= 11 is 0. The molecule has 0 N–H and O–H groups in total. The molecule has 0 saturated carbocycles. The van der Waals surface area contributed by atoms with Crippen LogP contribution in [0.5, 0.6) is 11.5 Å². The smallest absolute Gasteiger partial charge is 0.125 e. The number of nitrogens with zero attached hydrogens (tertiary/aromatic N) is 1. The molecule has 0 aliphatic heterocycles. The molecule has 2 aromatic rings. The molecule has 1 heterocycles. The summed E-state index contributed by atoms with van der Waals surface area (Å²) in [7, 11) is 1.52. The standard InChI is InChI=1S/C20H25NO4/c1-6-7-8-24-18-9-14(2)20(15(3)10-18)25-12-17-11-23-13-19(17)16(4)21-22-5/h6-7,9-11,13H,8,12H2,1-5H3/b7-6+,21-16?. The van der Waals surface area contributed by atoms with Crippen molar-refractivity contribution in [2.75, 3.05) is 13.7 Å². The highest BCUT2D eigenvalue weighted by atomic mass is 16.6. The maximum atomic E-state index is 6.04. The molecular weight excluding hydrogens is 318 g/mol. The molecule has 0 radical (unpaired) electrons. The van der Waals surface area contributed by atoms with Crippen molar-refractivity contribution in [1.82, 2.24) is 0 Å². The second kappa shape index (κ2) is 8.97. The van der Waals surface area contributed by atoms with Gasteiger partial charge in [-0.05, 0) is 51.0 Å². The molecule has 5 heteroatoms. The zero-order chi connectivity index (χ0) is 18.2. The number of hydrogen-bond donors (Lipinski definition) is 0. The van der Waals surface area contributed by atoms with E-state index in [1.165, 1.54) is 7.11 Å². The van der Waals surface area contributed by atoms with E-state index in [1.807, 2.05) is 52.0 Å². The maximum absolute atomic E-state index is 6.04. The highest BCUT2D eigenvalue weighted by Crippen LogP contribution is 2.29. The van der Waals surface area contributed by atoms with E-state index in [-0.39, 0.29) is 0 Å². The van der Waals surface area contributed by atoms with E-state index in [9.17, 15) is 0 Å². The molecule has 2 rings (SSSR count). The average Bonchev–Trinajstić information content (AvgIpc) is 3.03. The zero-order valence-electron chi connectivity index (χ0n) is 15.5. The highest BCUT2D eigenvalue weighted by Gasteiger charge is 2.12. The largest absolute Gasteiger partial charge is 0.490 e. The molecule has 0 fully saturated rings. The Morgan fingerprint density at radius 3 is 2.52 bits per heavy atom. The minimum Gasteiger partial charge on any atom is -0.490 e. The fourth-order valence-electron chi connectivity index (χ4n) is 2.55. The van der Waals surface area contributed by atoms with Crippen molar-refractivity contribution < 1.29 is 18.7 Å². The van der Waals surface area contributed by atoms with Gasteiger partial charge in [-0.2, -0.15) is 0 Å². The van der Waals surface area contributed by atoms with Gasteiger partial charge < -0.3 is 18.7 Å². The van der Waals surface area contributed by atoms with Gasteiger partial charge in [-0.1, -0.05) is 17.3 Å². The van der Waals surface area contributed by atoms with E-state index >= 15 is 0 Å². The number of furan rings is 1. The summed E-state index contributed by atoms with van der Waals surface area (Å²) in [6.45, 7) is 8.82. The van der Waals surface area contributed by atoms with E-state index in [4.69, 9.17) is 18.7 Å². The monoisotopic (exact) mass is 343 g/mol. The van der Waals surface area contributed by atoms with E-state index < -0.39 is 0 Å². The van der Waals surface area contributed by atoms with Gasteiger partial charge in [-0.15, -0.1) is 0 Å². The number of oxime groups is 1. The van der Waals surface area contributed by atoms with Gasteiger partial charge in [0.05, 0.1) is 18.2 Å². The van der Waals surface area contributed by atoms with Crippen molar-refractivity contribution in [1.29, 1.82) is 0 Å². The van der Waals surface area contributed by atoms with Gasteiger partial charge in [-0.25, -0.2) is 0 Å². The molecule has 0 unspecified atom stereocenters. The number of ether oxygens (including phenoxy) is 2. The van der Waals surface area contributed by atoms with E-state index in [1.54, 1.807) is 12.5 Å². The summed E-state index contributed by atoms with van der Waals surface area (Å²) in [5, 5.41) is 3.94. The fourth-order valence-corrected chi connectivity index (χ4v) is 2.55. The van der Waals surface area contributed by atoms with Crippen molar-refractivity contribution in [2.24, 2.45) is 5.16 Å². The third-order valence-electron chi connectivity index (χ3n) is 3.75. The average molecular weight is 343 g/mol. The maximum Gasteiger partial charge on any atom is 0.125 e. The molecule has 0 aliphatic rings. The summed E-state index contributed by atoms with van der Waals surface area (Å²) in [6.07, 6.45) is 7.26. The Hall–Kier alpha value is -2.69. The molecule has 0 bridgehead atoms. The predicted molar refractivity (Wildman–Crippen MR) is 98.5 cm³/mol. The Balaban J connectivity index is 2.11. The number of benzene rings is 1. The summed E-state index contributed by atoms with van der Waals surface area (Å²) in [6, 6.07) is 3.97. The molecule has 25 heavy (non-hydrogen) atoms. The third-order valence-corrected chi connectivity index (χ3v) is 3.75. The highest BCUT2D eigenvalue weighted by molar-refractivity contribution is 5.99. The van der Waals surface area contributed by atoms with Crippen LogP contribution >= 0.6 is 0 Å². The Morgan fingerprint density at radius 2 is 1.88 bits per heavy atom. The first-order chi connectivity index (χ1) is 12.1. The molecule has 1 aromatic carbocycles. The van der Waals surface area contributed by atoms with Crippen molar-refractivity contribution in [2.45, 2.75) is 34.3 Å².